The highest BCUT2D eigenvalue weighted by Crippen LogP contribution is 2.30. The lowest BCUT2D eigenvalue weighted by Gasteiger charge is -2.27. The molecule has 2 N–H and O–H groups in total. The number of ether oxygens (including phenoxy) is 2. The normalized spacial score (nSPS) is 19.4. The van der Waals surface area contributed by atoms with Gasteiger partial charge in [-0.2, -0.15) is 0 Å². The molecule has 2 aliphatic rings. The number of halogens is 1. The number of anilines is 1. The first-order chi connectivity index (χ1) is 17.1. The van der Waals surface area contributed by atoms with Gasteiger partial charge in [0.05, 0.1) is 18.8 Å². The summed E-state index contributed by atoms with van der Waals surface area (Å²) in [6.45, 7) is 2.33. The van der Waals surface area contributed by atoms with Crippen LogP contribution >= 0.6 is 0 Å². The summed E-state index contributed by atoms with van der Waals surface area (Å²) in [5.41, 5.74) is 1.94. The van der Waals surface area contributed by atoms with Crippen LogP contribution in [0.4, 0.5) is 10.3 Å². The number of nitrogens with zero attached hydrogens (tertiary/aromatic N) is 3. The molecule has 0 amide bonds. The topological polar surface area (TPSA) is 90.3 Å². The summed E-state index contributed by atoms with van der Waals surface area (Å²) in [6.07, 6.45) is 7.20. The van der Waals surface area contributed by atoms with Crippen LogP contribution in [0, 0.1) is 5.82 Å². The highest BCUT2D eigenvalue weighted by molar-refractivity contribution is 5.59. The van der Waals surface area contributed by atoms with E-state index < -0.39 is 5.82 Å². The Morgan fingerprint density at radius 1 is 1.20 bits per heavy atom. The molecule has 9 heteroatoms. The number of hydrogen-bond donors (Lipinski definition) is 2. The molecule has 0 aliphatic carbocycles. The molecule has 35 heavy (non-hydrogen) atoms. The lowest BCUT2D eigenvalue weighted by Crippen LogP contribution is -2.38. The third-order valence-electron chi connectivity index (χ3n) is 6.75. The molecule has 5 rings (SSSR count). The average Bonchev–Trinajstić information content (AvgIpc) is 3.41. The van der Waals surface area contributed by atoms with Crippen LogP contribution in [-0.2, 0) is 4.74 Å². The van der Waals surface area contributed by atoms with Crippen molar-refractivity contribution >= 4 is 5.95 Å². The van der Waals surface area contributed by atoms with Crippen LogP contribution in [0.3, 0.4) is 0 Å². The summed E-state index contributed by atoms with van der Waals surface area (Å²) in [5.74, 6) is 0.284. The number of pyridine rings is 1. The molecule has 0 bridgehead atoms. The van der Waals surface area contributed by atoms with E-state index in [4.69, 9.17) is 9.47 Å². The Hall–Kier alpha value is -3.30. The fraction of sp³-hybridized carbons (Fsp3) is 0.423. The lowest BCUT2D eigenvalue weighted by atomic mass is 9.97. The fourth-order valence-corrected chi connectivity index (χ4v) is 4.93. The van der Waals surface area contributed by atoms with Gasteiger partial charge in [-0.1, -0.05) is 6.07 Å². The van der Waals surface area contributed by atoms with E-state index in [1.807, 2.05) is 12.1 Å². The van der Waals surface area contributed by atoms with Gasteiger partial charge in [0.1, 0.15) is 0 Å². The van der Waals surface area contributed by atoms with E-state index in [0.29, 0.717) is 17.2 Å². The summed E-state index contributed by atoms with van der Waals surface area (Å²) in [4.78, 5) is 22.3. The van der Waals surface area contributed by atoms with Gasteiger partial charge in [0.2, 0.25) is 5.95 Å². The molecule has 2 aromatic heterocycles. The Labute approximate surface area is 203 Å². The number of benzene rings is 1. The van der Waals surface area contributed by atoms with Gasteiger partial charge in [-0.25, -0.2) is 14.4 Å². The minimum absolute atomic E-state index is 0.0284. The van der Waals surface area contributed by atoms with Crippen molar-refractivity contribution in [1.29, 1.82) is 0 Å². The molecular formula is C26H30FN5O3. The standard InChI is InChI=1S/C26H30FN5O3/c1-34-23-5-4-18(15-20(23)27)25(22-3-2-10-28-22)32-12-7-17(16-24(32)33)21-6-11-29-26(31-21)30-19-8-13-35-14-9-19/h4-7,11-12,15-16,19,22,25,28H,2-3,8-10,13-14H2,1H3,(H,29,30,31)/t22-,25+/m1/s1. The molecule has 0 spiro atoms. The quantitative estimate of drug-likeness (QED) is 0.537. The third kappa shape index (κ3) is 5.21. The molecule has 4 heterocycles. The van der Waals surface area contributed by atoms with E-state index in [-0.39, 0.29) is 29.4 Å². The van der Waals surface area contributed by atoms with Crippen molar-refractivity contribution in [2.45, 2.75) is 43.8 Å². The maximum atomic E-state index is 14.5. The second-order valence-electron chi connectivity index (χ2n) is 9.00. The van der Waals surface area contributed by atoms with Crippen LogP contribution in [-0.4, -0.2) is 53.5 Å². The van der Waals surface area contributed by atoms with Crippen molar-refractivity contribution in [2.24, 2.45) is 0 Å². The Morgan fingerprint density at radius 3 is 2.77 bits per heavy atom. The van der Waals surface area contributed by atoms with Gasteiger partial charge in [-0.3, -0.25) is 4.79 Å². The zero-order chi connectivity index (χ0) is 24.2. The van der Waals surface area contributed by atoms with Crippen molar-refractivity contribution < 1.29 is 13.9 Å². The molecule has 2 saturated heterocycles. The Bertz CT molecular complexity index is 1220. The van der Waals surface area contributed by atoms with Crippen molar-refractivity contribution in [1.82, 2.24) is 19.9 Å². The molecular weight excluding hydrogens is 449 g/mol. The molecule has 8 nitrogen and oxygen atoms in total. The van der Waals surface area contributed by atoms with Crippen molar-refractivity contribution in [3.8, 4) is 17.0 Å². The zero-order valence-electron chi connectivity index (χ0n) is 19.7. The number of hydrogen-bond acceptors (Lipinski definition) is 7. The largest absolute Gasteiger partial charge is 0.494 e. The first-order valence-electron chi connectivity index (χ1n) is 12.1. The lowest BCUT2D eigenvalue weighted by molar-refractivity contribution is 0.0903. The van der Waals surface area contributed by atoms with Gasteiger partial charge < -0.3 is 24.7 Å². The number of aromatic nitrogens is 3. The highest BCUT2D eigenvalue weighted by Gasteiger charge is 2.29. The molecule has 2 atom stereocenters. The van der Waals surface area contributed by atoms with E-state index in [1.165, 1.54) is 13.2 Å². The molecule has 184 valence electrons. The summed E-state index contributed by atoms with van der Waals surface area (Å²) in [6, 6.07) is 10.1. The monoisotopic (exact) mass is 479 g/mol. The minimum atomic E-state index is -0.441. The van der Waals surface area contributed by atoms with Gasteiger partial charge in [0.15, 0.2) is 11.6 Å². The molecule has 2 aliphatic heterocycles. The minimum Gasteiger partial charge on any atom is -0.494 e. The van der Waals surface area contributed by atoms with E-state index in [0.717, 1.165) is 51.0 Å². The van der Waals surface area contributed by atoms with Crippen molar-refractivity contribution in [3.63, 3.8) is 0 Å². The number of rotatable bonds is 7. The number of nitrogens with one attached hydrogen (secondary N) is 2. The summed E-state index contributed by atoms with van der Waals surface area (Å²) in [5, 5.41) is 6.84. The summed E-state index contributed by atoms with van der Waals surface area (Å²) in [7, 11) is 1.44. The average molecular weight is 480 g/mol. The van der Waals surface area contributed by atoms with Crippen LogP contribution in [0.5, 0.6) is 5.75 Å². The van der Waals surface area contributed by atoms with E-state index in [2.05, 4.69) is 20.6 Å². The fourth-order valence-electron chi connectivity index (χ4n) is 4.93. The maximum absolute atomic E-state index is 14.5. The van der Waals surface area contributed by atoms with Crippen LogP contribution in [0.2, 0.25) is 0 Å². The Kier molecular flexibility index (Phi) is 7.06. The predicted molar refractivity (Wildman–Crippen MR) is 131 cm³/mol. The summed E-state index contributed by atoms with van der Waals surface area (Å²) < 4.78 is 26.7. The molecule has 1 aromatic carbocycles. The smallest absolute Gasteiger partial charge is 0.251 e. The highest BCUT2D eigenvalue weighted by atomic mass is 19.1. The molecule has 0 unspecified atom stereocenters. The third-order valence-corrected chi connectivity index (χ3v) is 6.75. The van der Waals surface area contributed by atoms with E-state index in [1.54, 1.807) is 35.2 Å². The van der Waals surface area contributed by atoms with Crippen LogP contribution in [0.25, 0.3) is 11.3 Å². The maximum Gasteiger partial charge on any atom is 0.251 e. The van der Waals surface area contributed by atoms with E-state index in [9.17, 15) is 9.18 Å². The zero-order valence-corrected chi connectivity index (χ0v) is 19.7. The van der Waals surface area contributed by atoms with Gasteiger partial charge in [0, 0.05) is 49.3 Å². The SMILES string of the molecule is COc1ccc([C@@H]([C@H]2CCCN2)n2ccc(-c3ccnc(NC4CCOCC4)n3)cc2=O)cc1F. The predicted octanol–water partition coefficient (Wildman–Crippen LogP) is 3.39. The molecule has 2 fully saturated rings. The van der Waals surface area contributed by atoms with Gasteiger partial charge in [-0.05, 0) is 62.1 Å². The van der Waals surface area contributed by atoms with Gasteiger partial charge in [0.25, 0.3) is 5.56 Å². The second-order valence-corrected chi connectivity index (χ2v) is 9.00. The Balaban J connectivity index is 1.44. The Morgan fingerprint density at radius 2 is 2.06 bits per heavy atom. The summed E-state index contributed by atoms with van der Waals surface area (Å²) >= 11 is 0. The first-order valence-corrected chi connectivity index (χ1v) is 12.1. The van der Waals surface area contributed by atoms with Crippen molar-refractivity contribution in [3.05, 3.63) is 70.5 Å². The van der Waals surface area contributed by atoms with Crippen LogP contribution in [0.15, 0.2) is 53.6 Å². The molecule has 0 radical (unpaired) electrons. The van der Waals surface area contributed by atoms with Gasteiger partial charge in [-0.15, -0.1) is 0 Å². The van der Waals surface area contributed by atoms with Gasteiger partial charge >= 0.3 is 0 Å². The molecule has 0 saturated carbocycles. The first kappa shape index (κ1) is 23.4. The number of methoxy groups -OCH3 is 1. The van der Waals surface area contributed by atoms with E-state index >= 15 is 0 Å². The van der Waals surface area contributed by atoms with Crippen LogP contribution < -0.4 is 20.9 Å². The van der Waals surface area contributed by atoms with Crippen molar-refractivity contribution in [2.75, 3.05) is 32.2 Å². The second kappa shape index (κ2) is 10.5. The van der Waals surface area contributed by atoms with Crippen LogP contribution in [0.1, 0.15) is 37.3 Å². The molecule has 3 aromatic rings.